The van der Waals surface area contributed by atoms with E-state index in [1.54, 1.807) is 12.3 Å². The Hall–Kier alpha value is -3.83. The number of amides is 1. The number of fused-ring (bicyclic) bond motifs is 6. The Balaban J connectivity index is 1.03. The molecule has 1 amide bonds. The molecule has 2 aromatic rings. The smallest absolute Gasteiger partial charge is 0.326 e. The normalized spacial score (nSPS) is 33.6. The lowest BCUT2D eigenvalue weighted by Gasteiger charge is -2.60. The number of aliphatic hydroxyl groups excluding tert-OH is 1. The molecule has 1 aromatic carbocycles. The number of carbonyl (C=O) groups excluding carboxylic acids is 4. The highest BCUT2D eigenvalue weighted by molar-refractivity contribution is 5.92. The van der Waals surface area contributed by atoms with Crippen LogP contribution in [0.4, 0.5) is 0 Å². The van der Waals surface area contributed by atoms with Gasteiger partial charge < -0.3 is 30.4 Å². The van der Waals surface area contributed by atoms with Crippen LogP contribution in [-0.4, -0.2) is 74.1 Å². The summed E-state index contributed by atoms with van der Waals surface area (Å²) in [5, 5.41) is 36.5. The van der Waals surface area contributed by atoms with Crippen LogP contribution in [-0.2, 0) is 35.1 Å². The van der Waals surface area contributed by atoms with Gasteiger partial charge in [0.1, 0.15) is 11.6 Å². The first-order chi connectivity index (χ1) is 22.3. The number of carboxylic acid groups (broad SMARTS) is 1. The maximum Gasteiger partial charge on any atom is 0.326 e. The molecule has 1 unspecified atom stereocenters. The maximum absolute atomic E-state index is 13.5. The number of aromatic amines is 1. The van der Waals surface area contributed by atoms with E-state index in [1.165, 1.54) is 0 Å². The molecular formula is C36H44N2O9. The Morgan fingerprint density at radius 1 is 1.09 bits per heavy atom. The third-order valence-electron chi connectivity index (χ3n) is 12.2. The molecule has 4 aliphatic carbocycles. The van der Waals surface area contributed by atoms with Gasteiger partial charge in [-0.25, -0.2) is 4.79 Å². The summed E-state index contributed by atoms with van der Waals surface area (Å²) >= 11 is 0. The Kier molecular flexibility index (Phi) is 8.67. The number of Topliss-reactive ketones (excluding diaryl/α,β-unsaturated/α-hetero) is 1. The second-order valence-corrected chi connectivity index (χ2v) is 14.6. The van der Waals surface area contributed by atoms with Gasteiger partial charge in [0.15, 0.2) is 12.4 Å². The first kappa shape index (κ1) is 33.1. The number of aliphatic hydroxyl groups is 2. The van der Waals surface area contributed by atoms with Crippen LogP contribution in [0.15, 0.2) is 42.1 Å². The van der Waals surface area contributed by atoms with Gasteiger partial charge in [-0.15, -0.1) is 0 Å². The van der Waals surface area contributed by atoms with Crippen molar-refractivity contribution in [3.05, 3.63) is 47.7 Å². The maximum atomic E-state index is 13.5. The zero-order chi connectivity index (χ0) is 33.7. The molecule has 252 valence electrons. The van der Waals surface area contributed by atoms with E-state index in [2.05, 4.69) is 17.2 Å². The van der Waals surface area contributed by atoms with Crippen molar-refractivity contribution in [3.63, 3.8) is 0 Å². The van der Waals surface area contributed by atoms with Crippen molar-refractivity contribution in [2.45, 2.75) is 95.8 Å². The molecule has 47 heavy (non-hydrogen) atoms. The molecule has 0 aliphatic heterocycles. The van der Waals surface area contributed by atoms with Gasteiger partial charge in [0.2, 0.25) is 11.7 Å². The number of aromatic nitrogens is 1. The van der Waals surface area contributed by atoms with E-state index in [0.717, 1.165) is 34.9 Å². The monoisotopic (exact) mass is 648 g/mol. The number of carboxylic acids is 1. The van der Waals surface area contributed by atoms with E-state index in [9.17, 15) is 39.3 Å². The number of esters is 1. The van der Waals surface area contributed by atoms with Gasteiger partial charge in [0.25, 0.3) is 0 Å². The van der Waals surface area contributed by atoms with Crippen molar-refractivity contribution >= 4 is 40.3 Å². The minimum Gasteiger partial charge on any atom is -0.480 e. The highest BCUT2D eigenvalue weighted by Crippen LogP contribution is 2.67. The molecule has 1 heterocycles. The SMILES string of the molecule is C[C@]12CCC(=O)C=C1CC[C@@H]1[C@@H]2[C@@H](O)C[C@@]2(C)[C@H]1CC[C@]2(O)C(=O)COC(=O)CCC(=O)NC(Cc1c[nH]c2ccccc12)C(=O)O. The van der Waals surface area contributed by atoms with E-state index >= 15 is 0 Å². The van der Waals surface area contributed by atoms with Crippen LogP contribution in [0.2, 0.25) is 0 Å². The predicted molar refractivity (Wildman–Crippen MR) is 170 cm³/mol. The number of ketones is 2. The largest absolute Gasteiger partial charge is 0.480 e. The molecule has 3 fully saturated rings. The summed E-state index contributed by atoms with van der Waals surface area (Å²) in [7, 11) is 0. The third kappa shape index (κ3) is 5.71. The molecule has 6 rings (SSSR count). The van der Waals surface area contributed by atoms with Crippen molar-refractivity contribution in [1.29, 1.82) is 0 Å². The number of para-hydroxylation sites is 1. The predicted octanol–water partition coefficient (Wildman–Crippen LogP) is 3.41. The Morgan fingerprint density at radius 2 is 1.85 bits per heavy atom. The van der Waals surface area contributed by atoms with Gasteiger partial charge >= 0.3 is 11.9 Å². The van der Waals surface area contributed by atoms with Crippen LogP contribution in [0.5, 0.6) is 0 Å². The Bertz CT molecular complexity index is 1650. The quantitative estimate of drug-likeness (QED) is 0.241. The van der Waals surface area contributed by atoms with Gasteiger partial charge in [-0.1, -0.05) is 37.6 Å². The lowest BCUT2D eigenvalue weighted by molar-refractivity contribution is -0.184. The summed E-state index contributed by atoms with van der Waals surface area (Å²) in [4.78, 5) is 65.8. The summed E-state index contributed by atoms with van der Waals surface area (Å²) < 4.78 is 5.22. The molecule has 11 heteroatoms. The second-order valence-electron chi connectivity index (χ2n) is 14.6. The summed E-state index contributed by atoms with van der Waals surface area (Å²) in [6, 6.07) is 6.22. The second kappa shape index (κ2) is 12.3. The fourth-order valence-electron chi connectivity index (χ4n) is 9.69. The average molecular weight is 649 g/mol. The highest BCUT2D eigenvalue weighted by Gasteiger charge is 2.68. The van der Waals surface area contributed by atoms with Gasteiger partial charge in [-0.2, -0.15) is 0 Å². The third-order valence-corrected chi connectivity index (χ3v) is 12.2. The number of allylic oxidation sites excluding steroid dienone is 1. The number of aliphatic carboxylic acids is 1. The summed E-state index contributed by atoms with van der Waals surface area (Å²) in [5.74, 6) is -3.12. The molecule has 3 saturated carbocycles. The van der Waals surface area contributed by atoms with Crippen molar-refractivity contribution < 1.29 is 44.0 Å². The topological polar surface area (TPSA) is 183 Å². The van der Waals surface area contributed by atoms with Crippen molar-refractivity contribution in [1.82, 2.24) is 10.3 Å². The number of carbonyl (C=O) groups is 5. The van der Waals surface area contributed by atoms with Crippen molar-refractivity contribution in [2.24, 2.45) is 28.6 Å². The minimum absolute atomic E-state index is 0.00770. The number of nitrogens with one attached hydrogen (secondary N) is 2. The van der Waals surface area contributed by atoms with Crippen LogP contribution in [0.25, 0.3) is 10.9 Å². The molecule has 8 atom stereocenters. The Morgan fingerprint density at radius 3 is 2.62 bits per heavy atom. The molecule has 0 spiro atoms. The lowest BCUT2D eigenvalue weighted by atomic mass is 9.45. The number of benzene rings is 1. The fourth-order valence-corrected chi connectivity index (χ4v) is 9.69. The van der Waals surface area contributed by atoms with E-state index in [4.69, 9.17) is 4.74 Å². The molecular weight excluding hydrogens is 604 g/mol. The summed E-state index contributed by atoms with van der Waals surface area (Å²) in [6.45, 7) is 3.35. The molecule has 5 N–H and O–H groups in total. The number of ether oxygens (including phenoxy) is 1. The van der Waals surface area contributed by atoms with Gasteiger partial charge in [0.05, 0.1) is 12.5 Å². The van der Waals surface area contributed by atoms with Gasteiger partial charge in [-0.05, 0) is 79.4 Å². The lowest BCUT2D eigenvalue weighted by Crippen LogP contribution is -2.62. The van der Waals surface area contributed by atoms with Crippen molar-refractivity contribution in [3.8, 4) is 0 Å². The van der Waals surface area contributed by atoms with E-state index in [1.807, 2.05) is 31.2 Å². The van der Waals surface area contributed by atoms with Gasteiger partial charge in [0, 0.05) is 41.8 Å². The van der Waals surface area contributed by atoms with E-state index < -0.39 is 53.4 Å². The van der Waals surface area contributed by atoms with E-state index in [-0.39, 0.29) is 61.1 Å². The molecule has 0 bridgehead atoms. The molecule has 0 saturated heterocycles. The number of rotatable bonds is 10. The standard InChI is InChI=1S/C36H44N2O9/c1-34-13-11-22(39)16-21(34)7-8-24-25-12-14-36(46,35(25,2)17-28(40)32(24)34)29(41)19-47-31(43)10-9-30(42)38-27(33(44)45)15-20-18-37-26-6-4-3-5-23(20)26/h3-6,16,18,24-25,27-28,32,37,40,46H,7-15,17,19H2,1-2H3,(H,38,42)(H,44,45)/t24-,25-,27?,28-,32+,34-,35-,36-/m0/s1. The zero-order valence-corrected chi connectivity index (χ0v) is 26.9. The molecule has 0 radical (unpaired) electrons. The molecule has 4 aliphatic rings. The number of hydrogen-bond donors (Lipinski definition) is 5. The van der Waals surface area contributed by atoms with E-state index in [0.29, 0.717) is 19.3 Å². The fraction of sp³-hybridized carbons (Fsp3) is 0.583. The van der Waals surface area contributed by atoms with Crippen LogP contribution < -0.4 is 5.32 Å². The minimum atomic E-state index is -1.78. The average Bonchev–Trinajstić information content (AvgIpc) is 3.56. The first-order valence-corrected chi connectivity index (χ1v) is 16.7. The molecule has 1 aromatic heterocycles. The van der Waals surface area contributed by atoms with Crippen molar-refractivity contribution in [2.75, 3.05) is 6.61 Å². The first-order valence-electron chi connectivity index (χ1n) is 16.7. The number of hydrogen-bond acceptors (Lipinski definition) is 8. The van der Waals surface area contributed by atoms with Crippen LogP contribution in [0.3, 0.4) is 0 Å². The number of H-pyrrole nitrogens is 1. The zero-order valence-electron chi connectivity index (χ0n) is 26.9. The van der Waals surface area contributed by atoms with Gasteiger partial charge in [-0.3, -0.25) is 19.2 Å². The highest BCUT2D eigenvalue weighted by atomic mass is 16.5. The summed E-state index contributed by atoms with van der Waals surface area (Å²) in [5.41, 5.74) is -0.282. The molecule has 11 nitrogen and oxygen atoms in total. The van der Waals surface area contributed by atoms with Crippen LogP contribution >= 0.6 is 0 Å². The summed E-state index contributed by atoms with van der Waals surface area (Å²) in [6.07, 6.45) is 5.80. The van der Waals surface area contributed by atoms with Crippen LogP contribution in [0, 0.1) is 28.6 Å². The van der Waals surface area contributed by atoms with Crippen LogP contribution in [0.1, 0.15) is 77.2 Å². The Labute approximate surface area is 273 Å².